The van der Waals surface area contributed by atoms with E-state index in [9.17, 15) is 14.7 Å². The van der Waals surface area contributed by atoms with Crippen LogP contribution in [0.1, 0.15) is 22.3 Å². The fraction of sp³-hybridized carbons (Fsp3) is 0.360. The van der Waals surface area contributed by atoms with Gasteiger partial charge in [0.05, 0.1) is 17.9 Å². The molecule has 0 atom stereocenters. The highest BCUT2D eigenvalue weighted by Gasteiger charge is 2.43. The summed E-state index contributed by atoms with van der Waals surface area (Å²) in [4.78, 5) is 32.8. The molecule has 2 aliphatic rings. The molecule has 0 bridgehead atoms. The number of nitrogens with zero attached hydrogens (tertiary/aromatic N) is 3. The van der Waals surface area contributed by atoms with Crippen LogP contribution in [0.4, 0.5) is 5.69 Å². The quantitative estimate of drug-likeness (QED) is 0.755. The van der Waals surface area contributed by atoms with Gasteiger partial charge < -0.3 is 10.0 Å². The highest BCUT2D eigenvalue weighted by atomic mass is 16.3. The van der Waals surface area contributed by atoms with Crippen LogP contribution in [0.3, 0.4) is 0 Å². The maximum Gasteiger partial charge on any atom is 0.282 e. The summed E-state index contributed by atoms with van der Waals surface area (Å²) in [6, 6.07) is 13.5. The van der Waals surface area contributed by atoms with Gasteiger partial charge in [-0.25, -0.2) is 4.90 Å². The Bertz CT molecular complexity index is 1030. The van der Waals surface area contributed by atoms with E-state index in [2.05, 4.69) is 4.90 Å². The molecule has 1 N–H and O–H groups in total. The molecule has 2 aromatic carbocycles. The molecule has 4 rings (SSSR count). The van der Waals surface area contributed by atoms with E-state index in [0.29, 0.717) is 36.6 Å². The number of hydrogen-bond acceptors (Lipinski definition) is 5. The Hall–Kier alpha value is -2.96. The average Bonchev–Trinajstić information content (AvgIpc) is 3.00. The summed E-state index contributed by atoms with van der Waals surface area (Å²) in [5.41, 5.74) is 5.56. The predicted molar refractivity (Wildman–Crippen MR) is 122 cm³/mol. The number of aryl methyl sites for hydroxylation is 3. The van der Waals surface area contributed by atoms with Crippen molar-refractivity contribution in [2.45, 2.75) is 20.8 Å². The first-order valence-corrected chi connectivity index (χ1v) is 10.8. The van der Waals surface area contributed by atoms with Gasteiger partial charge in [-0.2, -0.15) is 0 Å². The summed E-state index contributed by atoms with van der Waals surface area (Å²) < 4.78 is 0. The summed E-state index contributed by atoms with van der Waals surface area (Å²) >= 11 is 0. The number of rotatable bonds is 5. The van der Waals surface area contributed by atoms with E-state index in [1.54, 1.807) is 0 Å². The van der Waals surface area contributed by atoms with Crippen LogP contribution in [0.15, 0.2) is 48.2 Å². The number of β-amino-alcohol motifs (C(OH)–C–C–N with tert-alkyl or cyclic N) is 1. The first kappa shape index (κ1) is 21.3. The zero-order valence-corrected chi connectivity index (χ0v) is 18.4. The van der Waals surface area contributed by atoms with Crippen LogP contribution in [-0.2, 0) is 9.59 Å². The van der Waals surface area contributed by atoms with Gasteiger partial charge in [-0.15, -0.1) is 0 Å². The Morgan fingerprint density at radius 1 is 0.839 bits per heavy atom. The van der Waals surface area contributed by atoms with Crippen LogP contribution in [0.2, 0.25) is 0 Å². The number of carbonyl (C=O) groups is 2. The average molecular weight is 420 g/mol. The van der Waals surface area contributed by atoms with Crippen LogP contribution in [0.5, 0.6) is 0 Å². The molecule has 1 fully saturated rings. The third-order valence-electron chi connectivity index (χ3n) is 6.11. The molecule has 31 heavy (non-hydrogen) atoms. The minimum absolute atomic E-state index is 0.120. The molecular formula is C25H29N3O3. The number of hydrogen-bond donors (Lipinski definition) is 1. The topological polar surface area (TPSA) is 64.1 Å². The molecule has 0 aromatic heterocycles. The van der Waals surface area contributed by atoms with Crippen molar-refractivity contribution < 1.29 is 14.7 Å². The van der Waals surface area contributed by atoms with Crippen LogP contribution in [0, 0.1) is 20.8 Å². The zero-order chi connectivity index (χ0) is 22.1. The van der Waals surface area contributed by atoms with Crippen LogP contribution in [0.25, 0.3) is 5.57 Å². The van der Waals surface area contributed by atoms with Crippen molar-refractivity contribution in [2.24, 2.45) is 0 Å². The smallest absolute Gasteiger partial charge is 0.282 e. The molecule has 0 unspecified atom stereocenters. The fourth-order valence-electron chi connectivity index (χ4n) is 4.41. The molecule has 0 aliphatic carbocycles. The van der Waals surface area contributed by atoms with Crippen molar-refractivity contribution in [3.8, 4) is 0 Å². The second-order valence-electron chi connectivity index (χ2n) is 8.38. The van der Waals surface area contributed by atoms with Crippen molar-refractivity contribution in [3.63, 3.8) is 0 Å². The van der Waals surface area contributed by atoms with Gasteiger partial charge in [0.1, 0.15) is 5.70 Å². The van der Waals surface area contributed by atoms with Crippen molar-refractivity contribution in [3.05, 3.63) is 70.4 Å². The maximum absolute atomic E-state index is 13.6. The first-order chi connectivity index (χ1) is 14.9. The number of amides is 2. The molecule has 1 saturated heterocycles. The Morgan fingerprint density at radius 3 is 2.10 bits per heavy atom. The number of benzene rings is 2. The monoisotopic (exact) mass is 419 g/mol. The molecule has 2 amide bonds. The second-order valence-corrected chi connectivity index (χ2v) is 8.38. The summed E-state index contributed by atoms with van der Waals surface area (Å²) in [6.07, 6.45) is 0. The summed E-state index contributed by atoms with van der Waals surface area (Å²) in [5.74, 6) is -0.534. The van der Waals surface area contributed by atoms with Crippen molar-refractivity contribution >= 4 is 23.1 Å². The minimum Gasteiger partial charge on any atom is -0.395 e. The van der Waals surface area contributed by atoms with Gasteiger partial charge >= 0.3 is 0 Å². The molecule has 0 spiro atoms. The predicted octanol–water partition coefficient (Wildman–Crippen LogP) is 2.51. The molecule has 2 aliphatic heterocycles. The molecule has 0 radical (unpaired) electrons. The Kier molecular flexibility index (Phi) is 5.94. The first-order valence-electron chi connectivity index (χ1n) is 10.8. The summed E-state index contributed by atoms with van der Waals surface area (Å²) in [5, 5.41) is 9.23. The third kappa shape index (κ3) is 4.01. The molecule has 2 aromatic rings. The summed E-state index contributed by atoms with van der Waals surface area (Å²) in [6.45, 7) is 9.51. The fourth-order valence-corrected chi connectivity index (χ4v) is 4.41. The zero-order valence-electron chi connectivity index (χ0n) is 18.4. The van der Waals surface area contributed by atoms with Crippen LogP contribution < -0.4 is 4.90 Å². The Balaban J connectivity index is 1.77. The lowest BCUT2D eigenvalue weighted by Crippen LogP contribution is -2.48. The molecular weight excluding hydrogens is 390 g/mol. The lowest BCUT2D eigenvalue weighted by atomic mass is 9.97. The van der Waals surface area contributed by atoms with Gasteiger partial charge in [-0.3, -0.25) is 14.5 Å². The van der Waals surface area contributed by atoms with Crippen molar-refractivity contribution in [1.29, 1.82) is 0 Å². The number of piperazine rings is 1. The Morgan fingerprint density at radius 2 is 1.48 bits per heavy atom. The molecule has 6 nitrogen and oxygen atoms in total. The van der Waals surface area contributed by atoms with E-state index < -0.39 is 0 Å². The number of aliphatic hydroxyl groups is 1. The van der Waals surface area contributed by atoms with E-state index >= 15 is 0 Å². The molecule has 6 heteroatoms. The lowest BCUT2D eigenvalue weighted by molar-refractivity contribution is -0.120. The second kappa shape index (κ2) is 8.65. The highest BCUT2D eigenvalue weighted by Crippen LogP contribution is 2.36. The van der Waals surface area contributed by atoms with Gasteiger partial charge in [0.15, 0.2) is 0 Å². The van der Waals surface area contributed by atoms with Gasteiger partial charge in [0.2, 0.25) is 0 Å². The summed E-state index contributed by atoms with van der Waals surface area (Å²) in [7, 11) is 0. The van der Waals surface area contributed by atoms with E-state index in [1.807, 2.05) is 68.1 Å². The number of imide groups is 1. The Labute approximate surface area is 183 Å². The van der Waals surface area contributed by atoms with Gasteiger partial charge in [0.25, 0.3) is 11.8 Å². The van der Waals surface area contributed by atoms with Gasteiger partial charge in [-0.05, 0) is 44.0 Å². The largest absolute Gasteiger partial charge is 0.395 e. The maximum atomic E-state index is 13.6. The van der Waals surface area contributed by atoms with E-state index in [-0.39, 0.29) is 18.4 Å². The number of carbonyl (C=O) groups excluding carboxylic acids is 2. The van der Waals surface area contributed by atoms with Gasteiger partial charge in [0, 0.05) is 32.7 Å². The number of anilines is 1. The van der Waals surface area contributed by atoms with E-state index in [0.717, 1.165) is 35.3 Å². The van der Waals surface area contributed by atoms with E-state index in [1.165, 1.54) is 4.90 Å². The minimum atomic E-state index is -0.270. The normalized spacial score (nSPS) is 17.8. The van der Waals surface area contributed by atoms with E-state index in [4.69, 9.17) is 0 Å². The van der Waals surface area contributed by atoms with Crippen LogP contribution in [-0.4, -0.2) is 66.1 Å². The molecule has 2 heterocycles. The van der Waals surface area contributed by atoms with Crippen LogP contribution >= 0.6 is 0 Å². The van der Waals surface area contributed by atoms with Gasteiger partial charge in [-0.1, -0.05) is 41.5 Å². The standard InChI is InChI=1S/C25H29N3O3/c1-17-4-7-20(8-5-17)28-24(30)22(21-9-6-18(2)16-19(21)3)23(25(28)31)27-12-10-26(11-13-27)14-15-29/h4-9,16,29H,10-15H2,1-3H3. The van der Waals surface area contributed by atoms with Crippen molar-refractivity contribution in [2.75, 3.05) is 44.2 Å². The lowest BCUT2D eigenvalue weighted by Gasteiger charge is -2.36. The van der Waals surface area contributed by atoms with Crippen molar-refractivity contribution in [1.82, 2.24) is 9.80 Å². The highest BCUT2D eigenvalue weighted by molar-refractivity contribution is 6.45. The molecule has 0 saturated carbocycles. The SMILES string of the molecule is Cc1ccc(N2C(=O)C(c3ccc(C)cc3C)=C(N3CCN(CCO)CC3)C2=O)cc1. The third-order valence-corrected chi connectivity index (χ3v) is 6.11. The number of aliphatic hydroxyl groups excluding tert-OH is 1. The molecule has 162 valence electrons.